The average Bonchev–Trinajstić information content (AvgIpc) is 3.10. The summed E-state index contributed by atoms with van der Waals surface area (Å²) in [5.74, 6) is -1.68. The SMILES string of the molecule is O=C(Cc1cccc(F)c1)NNC(=O)c1ccc(-c2ccc(F)cc2)s1. The molecule has 0 radical (unpaired) electrons. The molecular formula is C19H14F2N2O2S. The Bertz CT molecular complexity index is 939. The van der Waals surface area contributed by atoms with Crippen LogP contribution < -0.4 is 10.9 Å². The van der Waals surface area contributed by atoms with Crippen molar-refractivity contribution in [1.82, 2.24) is 10.9 Å². The van der Waals surface area contributed by atoms with Crippen LogP contribution in [0.5, 0.6) is 0 Å². The van der Waals surface area contributed by atoms with E-state index in [2.05, 4.69) is 10.9 Å². The van der Waals surface area contributed by atoms with Gasteiger partial charge in [0.15, 0.2) is 0 Å². The van der Waals surface area contributed by atoms with E-state index in [9.17, 15) is 18.4 Å². The molecule has 2 N–H and O–H groups in total. The number of amides is 2. The number of hydrogen-bond acceptors (Lipinski definition) is 3. The van der Waals surface area contributed by atoms with E-state index < -0.39 is 17.6 Å². The number of nitrogens with one attached hydrogen (secondary N) is 2. The van der Waals surface area contributed by atoms with Crippen LogP contribution in [0.25, 0.3) is 10.4 Å². The number of rotatable bonds is 4. The molecule has 0 bridgehead atoms. The number of hydrogen-bond donors (Lipinski definition) is 2. The largest absolute Gasteiger partial charge is 0.279 e. The van der Waals surface area contributed by atoms with Gasteiger partial charge >= 0.3 is 0 Å². The van der Waals surface area contributed by atoms with Crippen LogP contribution in [0.4, 0.5) is 8.78 Å². The average molecular weight is 372 g/mol. The van der Waals surface area contributed by atoms with Crippen LogP contribution in [0.3, 0.4) is 0 Å². The molecule has 2 aromatic carbocycles. The summed E-state index contributed by atoms with van der Waals surface area (Å²) in [6, 6.07) is 15.0. The van der Waals surface area contributed by atoms with E-state index >= 15 is 0 Å². The summed E-state index contributed by atoms with van der Waals surface area (Å²) in [5, 5.41) is 0. The lowest BCUT2D eigenvalue weighted by Gasteiger charge is -2.06. The van der Waals surface area contributed by atoms with Crippen LogP contribution in [0.2, 0.25) is 0 Å². The molecule has 1 aromatic heterocycles. The topological polar surface area (TPSA) is 58.2 Å². The highest BCUT2D eigenvalue weighted by atomic mass is 32.1. The Labute approximate surface area is 152 Å². The van der Waals surface area contributed by atoms with Gasteiger partial charge in [0.1, 0.15) is 11.6 Å². The minimum absolute atomic E-state index is 0.0523. The molecule has 0 fully saturated rings. The second-order valence-corrected chi connectivity index (χ2v) is 6.56. The lowest BCUT2D eigenvalue weighted by atomic mass is 10.1. The summed E-state index contributed by atoms with van der Waals surface area (Å²) in [6.07, 6.45) is -0.0523. The van der Waals surface area contributed by atoms with Gasteiger partial charge in [0.2, 0.25) is 5.91 Å². The van der Waals surface area contributed by atoms with Gasteiger partial charge in [-0.25, -0.2) is 8.78 Å². The maximum atomic E-state index is 13.1. The van der Waals surface area contributed by atoms with Crippen molar-refractivity contribution < 1.29 is 18.4 Å². The summed E-state index contributed by atoms with van der Waals surface area (Å²) >= 11 is 1.22. The molecule has 4 nitrogen and oxygen atoms in total. The van der Waals surface area contributed by atoms with Crippen molar-refractivity contribution in [3.8, 4) is 10.4 Å². The smallest absolute Gasteiger partial charge is 0.273 e. The van der Waals surface area contributed by atoms with Gasteiger partial charge in [-0.05, 0) is 47.5 Å². The van der Waals surface area contributed by atoms with E-state index in [0.29, 0.717) is 10.4 Å². The number of hydrazine groups is 1. The Morgan fingerprint density at radius 1 is 0.885 bits per heavy atom. The first-order chi connectivity index (χ1) is 12.5. The fourth-order valence-corrected chi connectivity index (χ4v) is 3.20. The molecule has 3 rings (SSSR count). The molecule has 0 aliphatic heterocycles. The van der Waals surface area contributed by atoms with Gasteiger partial charge in [0.05, 0.1) is 11.3 Å². The van der Waals surface area contributed by atoms with E-state index in [0.717, 1.165) is 10.4 Å². The zero-order valence-corrected chi connectivity index (χ0v) is 14.3. The molecule has 26 heavy (non-hydrogen) atoms. The lowest BCUT2D eigenvalue weighted by molar-refractivity contribution is -0.121. The van der Waals surface area contributed by atoms with Crippen molar-refractivity contribution in [2.75, 3.05) is 0 Å². The summed E-state index contributed by atoms with van der Waals surface area (Å²) in [5.41, 5.74) is 5.93. The lowest BCUT2D eigenvalue weighted by Crippen LogP contribution is -2.42. The second-order valence-electron chi connectivity index (χ2n) is 5.48. The zero-order valence-electron chi connectivity index (χ0n) is 13.5. The van der Waals surface area contributed by atoms with Gasteiger partial charge in [0, 0.05) is 4.88 Å². The molecule has 0 unspecified atom stereocenters. The molecule has 0 aliphatic carbocycles. The van der Waals surface area contributed by atoms with Gasteiger partial charge in [0.25, 0.3) is 5.91 Å². The first-order valence-corrected chi connectivity index (χ1v) is 8.52. The molecule has 0 atom stereocenters. The molecule has 0 saturated heterocycles. The molecule has 2 amide bonds. The minimum atomic E-state index is -0.462. The number of carbonyl (C=O) groups is 2. The van der Waals surface area contributed by atoms with Gasteiger partial charge in [-0.2, -0.15) is 0 Å². The monoisotopic (exact) mass is 372 g/mol. The zero-order chi connectivity index (χ0) is 18.5. The van der Waals surface area contributed by atoms with Crippen molar-refractivity contribution in [3.05, 3.63) is 82.7 Å². The molecule has 7 heteroatoms. The Morgan fingerprint density at radius 2 is 1.65 bits per heavy atom. The fourth-order valence-electron chi connectivity index (χ4n) is 2.29. The van der Waals surface area contributed by atoms with E-state index in [4.69, 9.17) is 0 Å². The fraction of sp³-hybridized carbons (Fsp3) is 0.0526. The molecular weight excluding hydrogens is 358 g/mol. The Morgan fingerprint density at radius 3 is 2.38 bits per heavy atom. The maximum absolute atomic E-state index is 13.1. The highest BCUT2D eigenvalue weighted by Crippen LogP contribution is 2.28. The van der Waals surface area contributed by atoms with E-state index in [1.54, 1.807) is 30.3 Å². The molecule has 0 spiro atoms. The van der Waals surface area contributed by atoms with Crippen molar-refractivity contribution in [3.63, 3.8) is 0 Å². The summed E-state index contributed by atoms with van der Waals surface area (Å²) < 4.78 is 26.1. The van der Waals surface area contributed by atoms with Crippen molar-refractivity contribution >= 4 is 23.2 Å². The number of carbonyl (C=O) groups excluding carboxylic acids is 2. The van der Waals surface area contributed by atoms with Crippen molar-refractivity contribution in [2.45, 2.75) is 6.42 Å². The highest BCUT2D eigenvalue weighted by molar-refractivity contribution is 7.17. The number of thiophene rings is 1. The van der Waals surface area contributed by atoms with E-state index in [1.165, 1.54) is 41.7 Å². The summed E-state index contributed by atoms with van der Waals surface area (Å²) in [6.45, 7) is 0. The molecule has 3 aromatic rings. The Kier molecular flexibility index (Phi) is 5.38. The second kappa shape index (κ2) is 7.88. The molecule has 0 saturated carbocycles. The van der Waals surface area contributed by atoms with Crippen LogP contribution in [0.1, 0.15) is 15.2 Å². The van der Waals surface area contributed by atoms with E-state index in [1.807, 2.05) is 0 Å². The molecule has 132 valence electrons. The van der Waals surface area contributed by atoms with Crippen LogP contribution in [0, 0.1) is 11.6 Å². The summed E-state index contributed by atoms with van der Waals surface area (Å²) in [4.78, 5) is 25.2. The van der Waals surface area contributed by atoms with Crippen LogP contribution in [0.15, 0.2) is 60.7 Å². The first kappa shape index (κ1) is 17.8. The predicted molar refractivity (Wildman–Crippen MR) is 95.4 cm³/mol. The van der Waals surface area contributed by atoms with E-state index in [-0.39, 0.29) is 12.2 Å². The predicted octanol–water partition coefficient (Wildman–Crippen LogP) is 3.70. The standard InChI is InChI=1S/C19H14F2N2O2S/c20-14-6-4-13(5-7-14)16-8-9-17(26-16)19(25)23-22-18(24)11-12-2-1-3-15(21)10-12/h1-10H,11H2,(H,22,24)(H,23,25). The first-order valence-electron chi connectivity index (χ1n) is 7.70. The van der Waals surface area contributed by atoms with Gasteiger partial charge in [-0.15, -0.1) is 11.3 Å². The van der Waals surface area contributed by atoms with Crippen LogP contribution >= 0.6 is 11.3 Å². The van der Waals surface area contributed by atoms with Gasteiger partial charge in [-0.3, -0.25) is 20.4 Å². The molecule has 1 heterocycles. The summed E-state index contributed by atoms with van der Waals surface area (Å²) in [7, 11) is 0. The third-order valence-electron chi connectivity index (χ3n) is 3.53. The number of halogens is 2. The third kappa shape index (κ3) is 4.52. The van der Waals surface area contributed by atoms with Gasteiger partial charge < -0.3 is 0 Å². The Balaban J connectivity index is 1.56. The van der Waals surface area contributed by atoms with Crippen LogP contribution in [-0.2, 0) is 11.2 Å². The highest BCUT2D eigenvalue weighted by Gasteiger charge is 2.12. The van der Waals surface area contributed by atoms with Crippen LogP contribution in [-0.4, -0.2) is 11.8 Å². The third-order valence-corrected chi connectivity index (χ3v) is 4.66. The van der Waals surface area contributed by atoms with Crippen molar-refractivity contribution in [1.29, 1.82) is 0 Å². The van der Waals surface area contributed by atoms with Gasteiger partial charge in [-0.1, -0.05) is 24.3 Å². The van der Waals surface area contributed by atoms with Crippen molar-refractivity contribution in [2.24, 2.45) is 0 Å². The molecule has 0 aliphatic rings. The quantitative estimate of drug-likeness (QED) is 0.686. The minimum Gasteiger partial charge on any atom is -0.273 e. The number of benzene rings is 2. The Hall–Kier alpha value is -3.06. The normalized spacial score (nSPS) is 10.4. The maximum Gasteiger partial charge on any atom is 0.279 e.